The lowest BCUT2D eigenvalue weighted by atomic mass is 10.0. The van der Waals surface area contributed by atoms with Gasteiger partial charge in [0.1, 0.15) is 0 Å². The Balaban J connectivity index is 1.88. The van der Waals surface area contributed by atoms with Gasteiger partial charge in [-0.25, -0.2) is 13.1 Å². The molecule has 1 aliphatic heterocycles. The first kappa shape index (κ1) is 14.6. The second kappa shape index (κ2) is 5.79. The Bertz CT molecular complexity index is 730. The fourth-order valence-corrected chi connectivity index (χ4v) is 3.73. The summed E-state index contributed by atoms with van der Waals surface area (Å²) in [5.41, 5.74) is 3.14. The minimum absolute atomic E-state index is 0.0196. The van der Waals surface area contributed by atoms with Crippen molar-refractivity contribution >= 4 is 20.9 Å². The summed E-state index contributed by atoms with van der Waals surface area (Å²) in [6, 6.07) is 6.35. The lowest BCUT2D eigenvalue weighted by Gasteiger charge is -2.09. The normalized spacial score (nSPS) is 19.4. The predicted octanol–water partition coefficient (Wildman–Crippen LogP) is 1.51. The van der Waals surface area contributed by atoms with Crippen molar-refractivity contribution in [1.82, 2.24) is 15.0 Å². The molecule has 1 aliphatic rings. The molecule has 1 atom stereocenters. The lowest BCUT2D eigenvalue weighted by molar-refractivity contribution is 0.587. The topological polar surface area (TPSA) is 74.0 Å². The zero-order valence-electron chi connectivity index (χ0n) is 12.1. The maximum Gasteiger partial charge on any atom is 0.215 e. The maximum atomic E-state index is 11.7. The fourth-order valence-electron chi connectivity index (χ4n) is 2.97. The summed E-state index contributed by atoms with van der Waals surface area (Å²) >= 11 is 0. The SMILES string of the molecule is CNS(=O)(=O)Cc1ccc2[nH]cc(C[C@H]3CCCN3)c2c1. The first-order valence-corrected chi connectivity index (χ1v) is 8.96. The van der Waals surface area contributed by atoms with Crippen molar-refractivity contribution in [1.29, 1.82) is 0 Å². The van der Waals surface area contributed by atoms with E-state index in [2.05, 4.69) is 15.0 Å². The molecule has 6 heteroatoms. The average Bonchev–Trinajstić information content (AvgIpc) is 3.09. The number of aromatic amines is 1. The Morgan fingerprint density at radius 3 is 2.95 bits per heavy atom. The Morgan fingerprint density at radius 1 is 1.38 bits per heavy atom. The minimum atomic E-state index is -3.23. The number of nitrogens with one attached hydrogen (secondary N) is 3. The molecule has 3 N–H and O–H groups in total. The van der Waals surface area contributed by atoms with E-state index < -0.39 is 10.0 Å². The summed E-state index contributed by atoms with van der Waals surface area (Å²) in [5.74, 6) is 0.0196. The summed E-state index contributed by atoms with van der Waals surface area (Å²) in [4.78, 5) is 3.27. The van der Waals surface area contributed by atoms with Gasteiger partial charge in [0.2, 0.25) is 10.0 Å². The number of sulfonamides is 1. The number of H-pyrrole nitrogens is 1. The molecule has 0 saturated carbocycles. The largest absolute Gasteiger partial charge is 0.361 e. The molecule has 0 spiro atoms. The first-order chi connectivity index (χ1) is 10.1. The highest BCUT2D eigenvalue weighted by Crippen LogP contribution is 2.23. The van der Waals surface area contributed by atoms with E-state index in [0.717, 1.165) is 29.4 Å². The van der Waals surface area contributed by atoms with Gasteiger partial charge in [-0.1, -0.05) is 6.07 Å². The Kier molecular flexibility index (Phi) is 4.01. The van der Waals surface area contributed by atoms with Gasteiger partial charge < -0.3 is 10.3 Å². The molecular weight excluding hydrogens is 286 g/mol. The van der Waals surface area contributed by atoms with Crippen LogP contribution in [-0.2, 0) is 22.2 Å². The molecule has 1 fully saturated rings. The van der Waals surface area contributed by atoms with Crippen LogP contribution in [0.15, 0.2) is 24.4 Å². The smallest absolute Gasteiger partial charge is 0.215 e. The molecule has 1 aromatic heterocycles. The van der Waals surface area contributed by atoms with Gasteiger partial charge in [-0.05, 0) is 56.1 Å². The number of hydrogen-bond donors (Lipinski definition) is 3. The van der Waals surface area contributed by atoms with Crippen LogP contribution in [0.1, 0.15) is 24.0 Å². The molecule has 5 nitrogen and oxygen atoms in total. The predicted molar refractivity (Wildman–Crippen MR) is 84.7 cm³/mol. The molecule has 0 amide bonds. The summed E-state index contributed by atoms with van der Waals surface area (Å²) in [7, 11) is -1.79. The van der Waals surface area contributed by atoms with E-state index >= 15 is 0 Å². The molecular formula is C15H21N3O2S. The Hall–Kier alpha value is -1.37. The average molecular weight is 307 g/mol. The van der Waals surface area contributed by atoms with Crippen molar-refractivity contribution in [3.8, 4) is 0 Å². The van der Waals surface area contributed by atoms with Gasteiger partial charge in [-0.3, -0.25) is 0 Å². The molecule has 1 saturated heterocycles. The molecule has 0 aliphatic carbocycles. The van der Waals surface area contributed by atoms with Crippen LogP contribution < -0.4 is 10.0 Å². The quantitative estimate of drug-likeness (QED) is 0.784. The number of hydrogen-bond acceptors (Lipinski definition) is 3. The highest BCUT2D eigenvalue weighted by molar-refractivity contribution is 7.88. The van der Waals surface area contributed by atoms with Crippen molar-refractivity contribution in [2.75, 3.05) is 13.6 Å². The van der Waals surface area contributed by atoms with E-state index in [4.69, 9.17) is 0 Å². The van der Waals surface area contributed by atoms with Gasteiger partial charge in [0, 0.05) is 23.1 Å². The van der Waals surface area contributed by atoms with Crippen LogP contribution >= 0.6 is 0 Å². The third kappa shape index (κ3) is 3.28. The van der Waals surface area contributed by atoms with Gasteiger partial charge in [-0.15, -0.1) is 0 Å². The zero-order chi connectivity index (χ0) is 14.9. The number of benzene rings is 1. The number of aromatic nitrogens is 1. The van der Waals surface area contributed by atoms with Crippen LogP contribution in [0.3, 0.4) is 0 Å². The van der Waals surface area contributed by atoms with E-state index in [9.17, 15) is 8.42 Å². The van der Waals surface area contributed by atoms with E-state index in [0.29, 0.717) is 6.04 Å². The molecule has 1 aromatic carbocycles. The van der Waals surface area contributed by atoms with Crippen LogP contribution in [0.5, 0.6) is 0 Å². The van der Waals surface area contributed by atoms with Crippen molar-refractivity contribution in [2.45, 2.75) is 31.1 Å². The standard InChI is InChI=1S/C15H21N3O2S/c1-16-21(19,20)10-11-4-5-15-14(7-11)12(9-18-15)8-13-3-2-6-17-13/h4-5,7,9,13,16-18H,2-3,6,8,10H2,1H3/t13-/m1/s1. The number of rotatable bonds is 5. The maximum absolute atomic E-state index is 11.7. The van der Waals surface area contributed by atoms with Crippen LogP contribution in [0.2, 0.25) is 0 Å². The first-order valence-electron chi connectivity index (χ1n) is 7.31. The molecule has 21 heavy (non-hydrogen) atoms. The molecule has 0 bridgehead atoms. The Morgan fingerprint density at radius 2 is 2.24 bits per heavy atom. The fraction of sp³-hybridized carbons (Fsp3) is 0.467. The minimum Gasteiger partial charge on any atom is -0.361 e. The van der Waals surface area contributed by atoms with Gasteiger partial charge >= 0.3 is 0 Å². The van der Waals surface area contributed by atoms with E-state index in [1.54, 1.807) is 0 Å². The molecule has 114 valence electrons. The molecule has 0 unspecified atom stereocenters. The van der Waals surface area contributed by atoms with E-state index in [1.165, 1.54) is 25.5 Å². The zero-order valence-corrected chi connectivity index (χ0v) is 13.0. The van der Waals surface area contributed by atoms with Crippen molar-refractivity contribution in [3.05, 3.63) is 35.5 Å². The van der Waals surface area contributed by atoms with Crippen LogP contribution in [-0.4, -0.2) is 33.0 Å². The monoisotopic (exact) mass is 307 g/mol. The summed E-state index contributed by atoms with van der Waals surface area (Å²) in [5, 5.41) is 4.63. The third-order valence-corrected chi connectivity index (χ3v) is 5.46. The highest BCUT2D eigenvalue weighted by Gasteiger charge is 2.17. The van der Waals surface area contributed by atoms with Crippen LogP contribution in [0, 0.1) is 0 Å². The van der Waals surface area contributed by atoms with Gasteiger partial charge in [-0.2, -0.15) is 0 Å². The van der Waals surface area contributed by atoms with Gasteiger partial charge in [0.15, 0.2) is 0 Å². The highest BCUT2D eigenvalue weighted by atomic mass is 32.2. The second-order valence-corrected chi connectivity index (χ2v) is 7.58. The lowest BCUT2D eigenvalue weighted by Crippen LogP contribution is -2.23. The van der Waals surface area contributed by atoms with Crippen molar-refractivity contribution in [2.24, 2.45) is 0 Å². The van der Waals surface area contributed by atoms with Crippen molar-refractivity contribution in [3.63, 3.8) is 0 Å². The van der Waals surface area contributed by atoms with Gasteiger partial charge in [0.25, 0.3) is 0 Å². The molecule has 3 rings (SSSR count). The Labute approximate surface area is 125 Å². The van der Waals surface area contributed by atoms with Crippen molar-refractivity contribution < 1.29 is 8.42 Å². The van der Waals surface area contributed by atoms with E-state index in [1.807, 2.05) is 24.4 Å². The molecule has 0 radical (unpaired) electrons. The van der Waals surface area contributed by atoms with Crippen LogP contribution in [0.4, 0.5) is 0 Å². The second-order valence-electron chi connectivity index (χ2n) is 5.65. The summed E-state index contributed by atoms with van der Waals surface area (Å²) < 4.78 is 25.7. The summed E-state index contributed by atoms with van der Waals surface area (Å²) in [6.07, 6.45) is 5.47. The van der Waals surface area contributed by atoms with E-state index in [-0.39, 0.29) is 5.75 Å². The molecule has 2 heterocycles. The van der Waals surface area contributed by atoms with Gasteiger partial charge in [0.05, 0.1) is 5.75 Å². The summed E-state index contributed by atoms with van der Waals surface area (Å²) in [6.45, 7) is 1.10. The number of fused-ring (bicyclic) bond motifs is 1. The molecule has 2 aromatic rings. The third-order valence-electron chi connectivity index (χ3n) is 4.13. The van der Waals surface area contributed by atoms with Crippen LogP contribution in [0.25, 0.3) is 10.9 Å².